The first kappa shape index (κ1) is 22.6. The van der Waals surface area contributed by atoms with Crippen molar-refractivity contribution in [2.75, 3.05) is 0 Å². The Balaban J connectivity index is 1.40. The zero-order chi connectivity index (χ0) is 25.5. The topological polar surface area (TPSA) is 0 Å². The van der Waals surface area contributed by atoms with Crippen molar-refractivity contribution in [3.05, 3.63) is 115 Å². The fourth-order valence-corrected chi connectivity index (χ4v) is 11.0. The molecule has 0 saturated heterocycles. The van der Waals surface area contributed by atoms with Crippen LogP contribution in [0.4, 0.5) is 0 Å². The van der Waals surface area contributed by atoms with Crippen LogP contribution in [-0.4, -0.2) is 6.71 Å². The van der Waals surface area contributed by atoms with Gasteiger partial charge in [0, 0.05) is 49.9 Å². The third-order valence-electron chi connectivity index (χ3n) is 7.82. The molecule has 182 valence electrons. The van der Waals surface area contributed by atoms with Gasteiger partial charge in [0.15, 0.2) is 0 Å². The average Bonchev–Trinajstić information content (AvgIpc) is 3.61. The molecule has 0 N–H and O–H groups in total. The van der Waals surface area contributed by atoms with Crippen molar-refractivity contribution in [2.45, 2.75) is 19.6 Å². The summed E-state index contributed by atoms with van der Waals surface area (Å²) < 4.78 is 2.69. The number of fused-ring (bicyclic) bond motifs is 6. The molecule has 0 atom stereocenters. The molecule has 0 spiro atoms. The molecule has 4 heterocycles. The van der Waals surface area contributed by atoms with Crippen LogP contribution in [0.1, 0.15) is 0 Å². The third-order valence-corrected chi connectivity index (χ3v) is 12.6. The van der Waals surface area contributed by atoms with Crippen molar-refractivity contribution in [1.82, 2.24) is 0 Å². The molecule has 0 unspecified atom stereocenters. The monoisotopic (exact) mass is 566 g/mol. The van der Waals surface area contributed by atoms with Crippen molar-refractivity contribution >= 4 is 89.5 Å². The summed E-state index contributed by atoms with van der Waals surface area (Å²) in [6.45, 7) is 0.243. The third kappa shape index (κ3) is 3.41. The summed E-state index contributed by atoms with van der Waals surface area (Å²) in [6, 6.07) is 42.9. The average molecular weight is 567 g/mol. The maximum absolute atomic E-state index is 2.50. The minimum Gasteiger partial charge on any atom is -0.135 e. The molecule has 0 bridgehead atoms. The van der Waals surface area contributed by atoms with Crippen molar-refractivity contribution in [2.24, 2.45) is 0 Å². The molecule has 0 saturated carbocycles. The summed E-state index contributed by atoms with van der Waals surface area (Å²) in [7, 11) is 0. The lowest BCUT2D eigenvalue weighted by Gasteiger charge is -2.35. The van der Waals surface area contributed by atoms with Crippen LogP contribution in [0.3, 0.4) is 0 Å². The summed E-state index contributed by atoms with van der Waals surface area (Å²) in [5, 5.41) is 2.65. The van der Waals surface area contributed by atoms with Crippen molar-refractivity contribution in [1.29, 1.82) is 0 Å². The zero-order valence-electron chi connectivity index (χ0n) is 20.7. The minimum absolute atomic E-state index is 0.243. The van der Waals surface area contributed by atoms with E-state index in [0.29, 0.717) is 0 Å². The van der Waals surface area contributed by atoms with E-state index in [1.807, 2.05) is 46.2 Å². The highest BCUT2D eigenvalue weighted by atomic mass is 32.2. The first-order valence-corrected chi connectivity index (χ1v) is 16.3. The highest BCUT2D eigenvalue weighted by Crippen LogP contribution is 2.50. The standard InChI is InChI=1S/C34H19BS4/c1-5-13-26-20(9-1)17-30(36-26)22-19-23(31-18-21-10-2-6-14-27(21)37-31)34-32-33(22)38-28-15-7-3-11-24(28)35(32)25-12-4-8-16-29(25)39-34/h1-19H. The highest BCUT2D eigenvalue weighted by Gasteiger charge is 2.40. The number of hydrogen-bond donors (Lipinski definition) is 0. The lowest BCUT2D eigenvalue weighted by atomic mass is 9.36. The molecule has 2 aromatic heterocycles. The fraction of sp³-hybridized carbons (Fsp3) is 0. The van der Waals surface area contributed by atoms with E-state index in [4.69, 9.17) is 0 Å². The Morgan fingerprint density at radius 2 is 0.923 bits per heavy atom. The van der Waals surface area contributed by atoms with Gasteiger partial charge in [-0.05, 0) is 58.7 Å². The molecule has 5 aromatic carbocycles. The Morgan fingerprint density at radius 3 is 1.44 bits per heavy atom. The number of benzene rings is 5. The zero-order valence-corrected chi connectivity index (χ0v) is 23.9. The largest absolute Gasteiger partial charge is 0.247 e. The molecule has 2 aliphatic heterocycles. The molecule has 0 amide bonds. The van der Waals surface area contributed by atoms with Gasteiger partial charge in [-0.15, -0.1) is 22.7 Å². The van der Waals surface area contributed by atoms with Gasteiger partial charge in [0.25, 0.3) is 0 Å². The van der Waals surface area contributed by atoms with E-state index in [0.717, 1.165) is 0 Å². The van der Waals surface area contributed by atoms with Crippen LogP contribution in [0.25, 0.3) is 41.1 Å². The molecule has 7 aromatic rings. The van der Waals surface area contributed by atoms with E-state index in [1.165, 1.54) is 77.0 Å². The Morgan fingerprint density at radius 1 is 0.462 bits per heavy atom. The summed E-state index contributed by atoms with van der Waals surface area (Å²) in [5.41, 5.74) is 7.09. The van der Waals surface area contributed by atoms with Crippen LogP contribution in [0.5, 0.6) is 0 Å². The van der Waals surface area contributed by atoms with E-state index in [-0.39, 0.29) is 6.71 Å². The van der Waals surface area contributed by atoms with E-state index >= 15 is 0 Å². The number of thiophene rings is 2. The first-order valence-electron chi connectivity index (χ1n) is 13.0. The maximum Gasteiger partial charge on any atom is 0.247 e. The van der Waals surface area contributed by atoms with Gasteiger partial charge in [0.1, 0.15) is 0 Å². The molecule has 0 aliphatic carbocycles. The fourth-order valence-electron chi connectivity index (χ4n) is 6.07. The Labute approximate surface area is 243 Å². The smallest absolute Gasteiger partial charge is 0.135 e. The maximum atomic E-state index is 2.50. The Kier molecular flexibility index (Phi) is 5.00. The van der Waals surface area contributed by atoms with E-state index < -0.39 is 0 Å². The molecule has 39 heavy (non-hydrogen) atoms. The highest BCUT2D eigenvalue weighted by molar-refractivity contribution is 8.01. The Hall–Kier alpha value is -3.22. The van der Waals surface area contributed by atoms with Gasteiger partial charge in [-0.2, -0.15) is 0 Å². The van der Waals surface area contributed by atoms with Crippen molar-refractivity contribution < 1.29 is 0 Å². The van der Waals surface area contributed by atoms with Gasteiger partial charge in [0.05, 0.1) is 0 Å². The summed E-state index contributed by atoms with van der Waals surface area (Å²) in [4.78, 5) is 8.30. The predicted molar refractivity (Wildman–Crippen MR) is 174 cm³/mol. The van der Waals surface area contributed by atoms with Crippen molar-refractivity contribution in [3.8, 4) is 20.9 Å². The van der Waals surface area contributed by atoms with E-state index in [1.54, 1.807) is 0 Å². The normalized spacial score (nSPS) is 13.4. The second kappa shape index (κ2) is 8.64. The lowest BCUT2D eigenvalue weighted by molar-refractivity contribution is 1.34. The van der Waals surface area contributed by atoms with Crippen molar-refractivity contribution in [3.63, 3.8) is 0 Å². The van der Waals surface area contributed by atoms with Gasteiger partial charge < -0.3 is 0 Å². The summed E-state index contributed by atoms with van der Waals surface area (Å²) >= 11 is 7.75. The molecule has 5 heteroatoms. The second-order valence-electron chi connectivity index (χ2n) is 10.1. The van der Waals surface area contributed by atoms with Crippen LogP contribution in [0, 0.1) is 0 Å². The lowest BCUT2D eigenvalue weighted by Crippen LogP contribution is -2.58. The molecule has 0 radical (unpaired) electrons. The summed E-state index contributed by atoms with van der Waals surface area (Å²) in [5.74, 6) is 0. The second-order valence-corrected chi connectivity index (χ2v) is 14.3. The number of rotatable bonds is 2. The van der Waals surface area contributed by atoms with Crippen LogP contribution >= 0.6 is 46.2 Å². The predicted octanol–water partition coefficient (Wildman–Crippen LogP) is 8.90. The van der Waals surface area contributed by atoms with Gasteiger partial charge in [-0.3, -0.25) is 0 Å². The number of hydrogen-bond acceptors (Lipinski definition) is 4. The molecule has 0 nitrogen and oxygen atoms in total. The van der Waals surface area contributed by atoms with E-state index in [2.05, 4.69) is 115 Å². The molecular weight excluding hydrogens is 547 g/mol. The first-order chi connectivity index (χ1) is 19.3. The van der Waals surface area contributed by atoms with E-state index in [9.17, 15) is 0 Å². The molecule has 9 rings (SSSR count). The molecule has 0 fully saturated rings. The van der Waals surface area contributed by atoms with Gasteiger partial charge >= 0.3 is 0 Å². The van der Waals surface area contributed by atoms with Gasteiger partial charge in [0.2, 0.25) is 6.71 Å². The summed E-state index contributed by atoms with van der Waals surface area (Å²) in [6.07, 6.45) is 0. The van der Waals surface area contributed by atoms with Crippen LogP contribution in [0.15, 0.2) is 135 Å². The molecular formula is C34H19BS4. The van der Waals surface area contributed by atoms with Gasteiger partial charge in [-0.25, -0.2) is 0 Å². The minimum atomic E-state index is 0.243. The molecule has 2 aliphatic rings. The quantitative estimate of drug-likeness (QED) is 0.192. The van der Waals surface area contributed by atoms with Crippen LogP contribution in [0.2, 0.25) is 0 Å². The van der Waals surface area contributed by atoms with Gasteiger partial charge in [-0.1, -0.05) is 107 Å². The Bertz CT molecular complexity index is 1890. The SMILES string of the molecule is c1ccc2c(c1)Sc1c(-c3cc4ccccc4s3)cc(-c3cc4ccccc4s3)c3c1B2c1ccccc1S3. The van der Waals surface area contributed by atoms with Crippen LogP contribution in [-0.2, 0) is 0 Å². The van der Waals surface area contributed by atoms with Crippen LogP contribution < -0.4 is 16.4 Å².